The second-order valence-electron chi connectivity index (χ2n) is 11.7. The summed E-state index contributed by atoms with van der Waals surface area (Å²) < 4.78 is 0. The Bertz CT molecular complexity index is 558. The van der Waals surface area contributed by atoms with E-state index in [9.17, 15) is 14.7 Å². The molecule has 2 heterocycles. The number of carbonyl (C=O) groups is 2. The molecule has 2 saturated heterocycles. The molecule has 0 unspecified atom stereocenters. The van der Waals surface area contributed by atoms with Crippen LogP contribution in [-0.4, -0.2) is 67.8 Å². The fourth-order valence-electron chi connectivity index (χ4n) is 5.13. The minimum Gasteiger partial charge on any atom is -0.385 e. The largest absolute Gasteiger partial charge is 0.385 e. The number of hydroxylamine groups is 4. The van der Waals surface area contributed by atoms with Crippen LogP contribution >= 0.6 is 0 Å². The molecule has 2 rings (SSSR count). The second-order valence-corrected chi connectivity index (χ2v) is 11.7. The van der Waals surface area contributed by atoms with Gasteiger partial charge in [0.2, 0.25) is 0 Å². The molecule has 7 nitrogen and oxygen atoms in total. The molecule has 2 aliphatic heterocycles. The van der Waals surface area contributed by atoms with Gasteiger partial charge in [0.25, 0.3) is 0 Å². The summed E-state index contributed by atoms with van der Waals surface area (Å²) in [7, 11) is 0. The van der Waals surface area contributed by atoms with Crippen molar-refractivity contribution in [3.8, 4) is 0 Å². The van der Waals surface area contributed by atoms with Crippen LogP contribution in [0.1, 0.15) is 88.0 Å². The molecule has 1 N–H and O–H groups in total. The van der Waals surface area contributed by atoms with Gasteiger partial charge in [-0.3, -0.25) is 19.3 Å². The first kappa shape index (κ1) is 24.4. The molecule has 0 aliphatic carbocycles. The Morgan fingerprint density at radius 1 is 0.724 bits per heavy atom. The molecule has 29 heavy (non-hydrogen) atoms. The normalized spacial score (nSPS) is 27.2. The third-order valence-electron chi connectivity index (χ3n) is 5.73. The molecule has 0 atom stereocenters. The summed E-state index contributed by atoms with van der Waals surface area (Å²) in [6.45, 7) is 17.6. The molecule has 0 amide bonds. The maximum absolute atomic E-state index is 12.1. The third-order valence-corrected chi connectivity index (χ3v) is 5.73. The first-order chi connectivity index (χ1) is 12.9. The lowest BCUT2D eigenvalue weighted by atomic mass is 9.81. The average Bonchev–Trinajstić information content (AvgIpc) is 2.40. The van der Waals surface area contributed by atoms with Crippen molar-refractivity contribution in [2.75, 3.05) is 13.2 Å². The second kappa shape index (κ2) is 7.68. The van der Waals surface area contributed by atoms with E-state index in [4.69, 9.17) is 9.68 Å². The van der Waals surface area contributed by atoms with Crippen molar-refractivity contribution in [1.29, 1.82) is 0 Å². The van der Waals surface area contributed by atoms with E-state index in [0.717, 1.165) is 0 Å². The van der Waals surface area contributed by atoms with Crippen LogP contribution in [0.2, 0.25) is 0 Å². The lowest BCUT2D eigenvalue weighted by Gasteiger charge is -2.52. The van der Waals surface area contributed by atoms with Gasteiger partial charge in [0, 0.05) is 47.8 Å². The van der Waals surface area contributed by atoms with E-state index in [1.54, 1.807) is 6.92 Å². The van der Waals surface area contributed by atoms with Gasteiger partial charge in [-0.2, -0.15) is 10.1 Å². The molecule has 2 aliphatic rings. The highest BCUT2D eigenvalue weighted by atomic mass is 16.7. The number of hydrogen-bond donors (Lipinski definition) is 1. The number of piperidine rings is 2. The standard InChI is InChI=1S/C22H40N2O5/c1-18(2)10-16(25)11-19(3,4)23(18)28-14-22(9,27)15-29-24-20(5,6)12-17(26)13-21(24,7)8/h27H,10-15H2,1-9H3. The lowest BCUT2D eigenvalue weighted by Crippen LogP contribution is -2.63. The van der Waals surface area contributed by atoms with E-state index in [-0.39, 0.29) is 24.8 Å². The summed E-state index contributed by atoms with van der Waals surface area (Å²) in [6, 6.07) is 0. The van der Waals surface area contributed by atoms with Crippen LogP contribution in [0.15, 0.2) is 0 Å². The summed E-state index contributed by atoms with van der Waals surface area (Å²) in [5.74, 6) is 0.443. The summed E-state index contributed by atoms with van der Waals surface area (Å²) in [5, 5.41) is 14.6. The van der Waals surface area contributed by atoms with E-state index >= 15 is 0 Å². The highest BCUT2D eigenvalue weighted by molar-refractivity contribution is 5.82. The molecule has 0 spiro atoms. The molecular weight excluding hydrogens is 372 g/mol. The van der Waals surface area contributed by atoms with Crippen LogP contribution in [0.5, 0.6) is 0 Å². The van der Waals surface area contributed by atoms with E-state index in [2.05, 4.69) is 0 Å². The summed E-state index contributed by atoms with van der Waals surface area (Å²) in [5.41, 5.74) is -3.04. The Morgan fingerprint density at radius 3 is 1.21 bits per heavy atom. The Hall–Kier alpha value is -0.860. The van der Waals surface area contributed by atoms with Gasteiger partial charge in [-0.05, 0) is 62.3 Å². The van der Waals surface area contributed by atoms with Gasteiger partial charge in [0.05, 0.1) is 13.2 Å². The van der Waals surface area contributed by atoms with Crippen molar-refractivity contribution < 1.29 is 24.4 Å². The van der Waals surface area contributed by atoms with Crippen LogP contribution < -0.4 is 0 Å². The quantitative estimate of drug-likeness (QED) is 0.718. The van der Waals surface area contributed by atoms with Crippen LogP contribution in [0.25, 0.3) is 0 Å². The van der Waals surface area contributed by atoms with Crippen molar-refractivity contribution >= 4 is 11.6 Å². The van der Waals surface area contributed by atoms with E-state index < -0.39 is 27.8 Å². The minimum atomic E-state index is -1.23. The lowest BCUT2D eigenvalue weighted by molar-refractivity contribution is -0.319. The average molecular weight is 413 g/mol. The summed E-state index contributed by atoms with van der Waals surface area (Å²) in [4.78, 5) is 36.3. The van der Waals surface area contributed by atoms with Crippen LogP contribution in [0, 0.1) is 0 Å². The molecule has 0 radical (unpaired) electrons. The van der Waals surface area contributed by atoms with Gasteiger partial charge in [-0.1, -0.05) is 0 Å². The van der Waals surface area contributed by atoms with E-state index in [1.807, 2.05) is 65.5 Å². The molecule has 0 aromatic heterocycles. The Morgan fingerprint density at radius 2 is 0.966 bits per heavy atom. The van der Waals surface area contributed by atoms with Crippen LogP contribution in [-0.2, 0) is 19.3 Å². The molecular formula is C22H40N2O5. The van der Waals surface area contributed by atoms with Gasteiger partial charge in [-0.25, -0.2) is 0 Å². The van der Waals surface area contributed by atoms with Crippen LogP contribution in [0.4, 0.5) is 0 Å². The molecule has 0 saturated carbocycles. The van der Waals surface area contributed by atoms with Gasteiger partial charge in [0.1, 0.15) is 17.2 Å². The number of rotatable bonds is 6. The molecule has 2 fully saturated rings. The zero-order valence-corrected chi connectivity index (χ0v) is 19.7. The minimum absolute atomic E-state index is 0.0433. The fourth-order valence-corrected chi connectivity index (χ4v) is 5.13. The molecule has 0 bridgehead atoms. The van der Waals surface area contributed by atoms with Crippen molar-refractivity contribution in [2.45, 2.75) is 116 Å². The van der Waals surface area contributed by atoms with Crippen molar-refractivity contribution in [1.82, 2.24) is 10.1 Å². The number of hydrogen-bond acceptors (Lipinski definition) is 7. The molecule has 7 heteroatoms. The Kier molecular flexibility index (Phi) is 6.46. The van der Waals surface area contributed by atoms with Gasteiger partial charge < -0.3 is 5.11 Å². The van der Waals surface area contributed by atoms with Crippen molar-refractivity contribution in [2.24, 2.45) is 0 Å². The first-order valence-electron chi connectivity index (χ1n) is 10.5. The molecule has 168 valence electrons. The Labute approximate surface area is 175 Å². The predicted molar refractivity (Wildman–Crippen MR) is 111 cm³/mol. The monoisotopic (exact) mass is 412 g/mol. The topological polar surface area (TPSA) is 79.3 Å². The van der Waals surface area contributed by atoms with Crippen LogP contribution in [0.3, 0.4) is 0 Å². The van der Waals surface area contributed by atoms with E-state index in [1.165, 1.54) is 0 Å². The summed E-state index contributed by atoms with van der Waals surface area (Å²) >= 11 is 0. The maximum atomic E-state index is 12.1. The number of carbonyl (C=O) groups excluding carboxylic acids is 2. The number of aliphatic hydroxyl groups is 1. The smallest absolute Gasteiger partial charge is 0.136 e. The molecule has 0 aromatic carbocycles. The number of ketones is 2. The number of nitrogens with zero attached hydrogens (tertiary/aromatic N) is 2. The predicted octanol–water partition coefficient (Wildman–Crippen LogP) is 3.04. The Balaban J connectivity index is 2.03. The zero-order valence-electron chi connectivity index (χ0n) is 19.7. The SMILES string of the molecule is CC(O)(CON1C(C)(C)CC(=O)CC1(C)C)CON1C(C)(C)CC(=O)CC1(C)C. The van der Waals surface area contributed by atoms with Gasteiger partial charge in [-0.15, -0.1) is 0 Å². The van der Waals surface area contributed by atoms with E-state index in [0.29, 0.717) is 25.7 Å². The highest BCUT2D eigenvalue weighted by Gasteiger charge is 2.48. The van der Waals surface area contributed by atoms with Crippen molar-refractivity contribution in [3.05, 3.63) is 0 Å². The molecule has 0 aromatic rings. The maximum Gasteiger partial charge on any atom is 0.136 e. The van der Waals surface area contributed by atoms with Crippen molar-refractivity contribution in [3.63, 3.8) is 0 Å². The third kappa shape index (κ3) is 5.64. The first-order valence-corrected chi connectivity index (χ1v) is 10.5. The summed E-state index contributed by atoms with van der Waals surface area (Å²) in [6.07, 6.45) is 1.66. The fraction of sp³-hybridized carbons (Fsp3) is 0.909. The zero-order chi connectivity index (χ0) is 22.5. The highest BCUT2D eigenvalue weighted by Crippen LogP contribution is 2.38. The number of Topliss-reactive ketones (excluding diaryl/α,β-unsaturated/α-hetero) is 2. The van der Waals surface area contributed by atoms with Gasteiger partial charge in [0.15, 0.2) is 0 Å². The van der Waals surface area contributed by atoms with Gasteiger partial charge >= 0.3 is 0 Å².